The molecule has 1 fully saturated rings. The van der Waals surface area contributed by atoms with E-state index in [-0.39, 0.29) is 5.82 Å². The second kappa shape index (κ2) is 9.05. The van der Waals surface area contributed by atoms with Gasteiger partial charge in [0.15, 0.2) is 11.2 Å². The summed E-state index contributed by atoms with van der Waals surface area (Å²) >= 11 is 0. The molecule has 1 N–H and O–H groups in total. The summed E-state index contributed by atoms with van der Waals surface area (Å²) in [7, 11) is 1.63. The number of nitrogens with one attached hydrogen (secondary N) is 1. The van der Waals surface area contributed by atoms with E-state index in [1.807, 2.05) is 16.7 Å². The normalized spacial score (nSPS) is 15.1. The van der Waals surface area contributed by atoms with Crippen molar-refractivity contribution < 1.29 is 4.39 Å². The number of benzene rings is 1. The van der Waals surface area contributed by atoms with Crippen LogP contribution in [0.3, 0.4) is 0 Å². The second-order valence-electron chi connectivity index (χ2n) is 8.12. The molecule has 9 heteroatoms. The zero-order valence-corrected chi connectivity index (χ0v) is 18.1. The van der Waals surface area contributed by atoms with Gasteiger partial charge in [-0.2, -0.15) is 4.98 Å². The van der Waals surface area contributed by atoms with Gasteiger partial charge < -0.3 is 9.47 Å². The Morgan fingerprint density at radius 3 is 2.55 bits per heavy atom. The minimum atomic E-state index is -0.461. The minimum Gasteiger partial charge on any atom is -0.340 e. The maximum Gasteiger partial charge on any atom is 0.329 e. The zero-order chi connectivity index (χ0) is 22.0. The van der Waals surface area contributed by atoms with Crippen molar-refractivity contribution >= 4 is 17.1 Å². The predicted molar refractivity (Wildman–Crippen MR) is 119 cm³/mol. The molecule has 0 unspecified atom stereocenters. The molecule has 1 aromatic carbocycles. The van der Waals surface area contributed by atoms with Gasteiger partial charge in [-0.15, -0.1) is 0 Å². The number of piperazine rings is 1. The molecule has 4 rings (SSSR count). The van der Waals surface area contributed by atoms with Crippen LogP contribution in [0.5, 0.6) is 0 Å². The van der Waals surface area contributed by atoms with E-state index in [0.29, 0.717) is 29.8 Å². The third-order valence-corrected chi connectivity index (χ3v) is 5.98. The average molecular weight is 429 g/mol. The van der Waals surface area contributed by atoms with Gasteiger partial charge in [-0.3, -0.25) is 19.2 Å². The third kappa shape index (κ3) is 4.27. The first-order valence-corrected chi connectivity index (χ1v) is 10.9. The SMILES string of the molecule is CCCCCn1c(N2CCN(Cc3ccccc3F)CC2)nc2c1c(=O)[nH]c(=O)n2C. The molecule has 166 valence electrons. The molecule has 1 aliphatic heterocycles. The summed E-state index contributed by atoms with van der Waals surface area (Å²) < 4.78 is 17.4. The fourth-order valence-corrected chi connectivity index (χ4v) is 4.17. The van der Waals surface area contributed by atoms with Crippen LogP contribution in [0.25, 0.3) is 11.2 Å². The van der Waals surface area contributed by atoms with Crippen LogP contribution in [0.1, 0.15) is 31.7 Å². The summed E-state index contributed by atoms with van der Waals surface area (Å²) in [5, 5.41) is 0. The summed E-state index contributed by atoms with van der Waals surface area (Å²) in [5.41, 5.74) is 0.698. The first-order valence-electron chi connectivity index (χ1n) is 10.9. The molecule has 3 heterocycles. The third-order valence-electron chi connectivity index (χ3n) is 5.98. The highest BCUT2D eigenvalue weighted by atomic mass is 19.1. The Bertz CT molecular complexity index is 1170. The lowest BCUT2D eigenvalue weighted by Gasteiger charge is -2.35. The van der Waals surface area contributed by atoms with Crippen LogP contribution in [0.2, 0.25) is 0 Å². The van der Waals surface area contributed by atoms with Crippen LogP contribution in [0.4, 0.5) is 10.3 Å². The summed E-state index contributed by atoms with van der Waals surface area (Å²) in [4.78, 5) is 36.2. The van der Waals surface area contributed by atoms with Gasteiger partial charge in [0, 0.05) is 51.9 Å². The molecule has 1 saturated heterocycles. The number of aromatic nitrogens is 4. The molecular weight excluding hydrogens is 399 g/mol. The van der Waals surface area contributed by atoms with Gasteiger partial charge >= 0.3 is 5.69 Å². The Hall–Kier alpha value is -2.94. The number of unbranched alkanes of at least 4 members (excludes halogenated alkanes) is 2. The van der Waals surface area contributed by atoms with E-state index in [1.54, 1.807) is 13.1 Å². The summed E-state index contributed by atoms with van der Waals surface area (Å²) in [6.45, 7) is 6.36. The highest BCUT2D eigenvalue weighted by Crippen LogP contribution is 2.22. The maximum atomic E-state index is 14.0. The van der Waals surface area contributed by atoms with Crippen molar-refractivity contribution in [3.05, 3.63) is 56.5 Å². The lowest BCUT2D eigenvalue weighted by molar-refractivity contribution is 0.245. The number of hydrogen-bond donors (Lipinski definition) is 1. The van der Waals surface area contributed by atoms with Crippen LogP contribution >= 0.6 is 0 Å². The molecule has 0 spiro atoms. The number of nitrogens with zero attached hydrogens (tertiary/aromatic N) is 5. The molecule has 2 aromatic heterocycles. The lowest BCUT2D eigenvalue weighted by Crippen LogP contribution is -2.47. The van der Waals surface area contributed by atoms with E-state index in [0.717, 1.165) is 51.4 Å². The number of halogens is 1. The van der Waals surface area contributed by atoms with E-state index in [1.165, 1.54) is 10.6 Å². The fourth-order valence-electron chi connectivity index (χ4n) is 4.17. The van der Waals surface area contributed by atoms with Crippen molar-refractivity contribution in [3.8, 4) is 0 Å². The van der Waals surface area contributed by atoms with Crippen molar-refractivity contribution in [2.75, 3.05) is 31.1 Å². The number of aromatic amines is 1. The average Bonchev–Trinajstić information content (AvgIpc) is 3.15. The standard InChI is InChI=1S/C22H29FN6O2/c1-3-4-7-10-29-18-19(26(2)22(31)25-20(18)30)24-21(29)28-13-11-27(12-14-28)15-16-8-5-6-9-17(16)23/h5-6,8-9H,3-4,7,10-15H2,1-2H3,(H,25,30,31). The molecule has 0 aliphatic carbocycles. The number of rotatable bonds is 7. The van der Waals surface area contributed by atoms with Gasteiger partial charge in [0.2, 0.25) is 5.95 Å². The highest BCUT2D eigenvalue weighted by molar-refractivity contribution is 5.74. The molecule has 0 amide bonds. The molecule has 8 nitrogen and oxygen atoms in total. The van der Waals surface area contributed by atoms with Crippen LogP contribution < -0.4 is 16.1 Å². The molecule has 3 aromatic rings. The van der Waals surface area contributed by atoms with Crippen LogP contribution in [-0.4, -0.2) is 50.2 Å². The summed E-state index contributed by atoms with van der Waals surface area (Å²) in [5.74, 6) is 0.547. The molecule has 0 atom stereocenters. The Morgan fingerprint density at radius 2 is 1.84 bits per heavy atom. The van der Waals surface area contributed by atoms with Crippen molar-refractivity contribution in [2.45, 2.75) is 39.3 Å². The second-order valence-corrected chi connectivity index (χ2v) is 8.12. The van der Waals surface area contributed by atoms with Crippen LogP contribution in [0.15, 0.2) is 33.9 Å². The molecule has 31 heavy (non-hydrogen) atoms. The fraction of sp³-hybridized carbons (Fsp3) is 0.500. The predicted octanol–water partition coefficient (Wildman–Crippen LogP) is 2.07. The van der Waals surface area contributed by atoms with Crippen molar-refractivity contribution in [3.63, 3.8) is 0 Å². The Labute approximate surface area is 179 Å². The Kier molecular flexibility index (Phi) is 6.22. The van der Waals surface area contributed by atoms with E-state index < -0.39 is 11.2 Å². The highest BCUT2D eigenvalue weighted by Gasteiger charge is 2.25. The number of imidazole rings is 1. The summed E-state index contributed by atoms with van der Waals surface area (Å²) in [6.07, 6.45) is 3.06. The number of fused-ring (bicyclic) bond motifs is 1. The van der Waals surface area contributed by atoms with Gasteiger partial charge in [0.1, 0.15) is 5.82 Å². The molecule has 0 saturated carbocycles. The largest absolute Gasteiger partial charge is 0.340 e. The monoisotopic (exact) mass is 428 g/mol. The van der Waals surface area contributed by atoms with Gasteiger partial charge in [0.05, 0.1) is 0 Å². The van der Waals surface area contributed by atoms with E-state index in [2.05, 4.69) is 21.7 Å². The van der Waals surface area contributed by atoms with Gasteiger partial charge in [-0.25, -0.2) is 9.18 Å². The van der Waals surface area contributed by atoms with Gasteiger partial charge in [0.25, 0.3) is 5.56 Å². The molecule has 0 radical (unpaired) electrons. The minimum absolute atomic E-state index is 0.178. The van der Waals surface area contributed by atoms with Crippen molar-refractivity contribution in [1.82, 2.24) is 24.0 Å². The smallest absolute Gasteiger partial charge is 0.329 e. The topological polar surface area (TPSA) is 79.2 Å². The Morgan fingerprint density at radius 1 is 1.10 bits per heavy atom. The van der Waals surface area contributed by atoms with Gasteiger partial charge in [-0.05, 0) is 12.5 Å². The van der Waals surface area contributed by atoms with E-state index >= 15 is 0 Å². The van der Waals surface area contributed by atoms with Crippen LogP contribution in [-0.2, 0) is 20.1 Å². The van der Waals surface area contributed by atoms with E-state index in [9.17, 15) is 14.0 Å². The lowest BCUT2D eigenvalue weighted by atomic mass is 10.2. The number of anilines is 1. The maximum absolute atomic E-state index is 14.0. The van der Waals surface area contributed by atoms with Gasteiger partial charge in [-0.1, -0.05) is 38.0 Å². The Balaban J connectivity index is 1.59. The molecular formula is C22H29FN6O2. The molecule has 0 bridgehead atoms. The number of aryl methyl sites for hydroxylation is 2. The first-order chi connectivity index (χ1) is 15.0. The quantitative estimate of drug-likeness (QED) is 0.583. The number of H-pyrrole nitrogens is 1. The zero-order valence-electron chi connectivity index (χ0n) is 18.1. The summed E-state index contributed by atoms with van der Waals surface area (Å²) in [6, 6.07) is 6.87. The van der Waals surface area contributed by atoms with Crippen molar-refractivity contribution in [2.24, 2.45) is 7.05 Å². The van der Waals surface area contributed by atoms with E-state index in [4.69, 9.17) is 4.98 Å². The first kappa shape index (κ1) is 21.3. The molecule has 1 aliphatic rings. The van der Waals surface area contributed by atoms with Crippen molar-refractivity contribution in [1.29, 1.82) is 0 Å². The van der Waals surface area contributed by atoms with Crippen LogP contribution in [0, 0.1) is 5.82 Å². The number of hydrogen-bond acceptors (Lipinski definition) is 5.